The van der Waals surface area contributed by atoms with Gasteiger partial charge in [0.05, 0.1) is 19.4 Å². The first-order chi connectivity index (χ1) is 14.3. The Bertz CT molecular complexity index is 808. The van der Waals surface area contributed by atoms with Gasteiger partial charge in [0.25, 0.3) is 0 Å². The molecule has 0 bridgehead atoms. The van der Waals surface area contributed by atoms with Crippen molar-refractivity contribution in [3.8, 4) is 5.75 Å². The fourth-order valence-corrected chi connectivity index (χ4v) is 4.39. The molecule has 1 unspecified atom stereocenters. The highest BCUT2D eigenvalue weighted by atomic mass is 16.5. The van der Waals surface area contributed by atoms with E-state index in [0.29, 0.717) is 0 Å². The molecule has 6 nitrogen and oxygen atoms in total. The number of benzene rings is 1. The standard InChI is InChI=1S/C23H32N4O2/c1-24-22(25-16-19(21-10-7-15-29-21)27-13-5-6-14-27)26-17-23(11-12-23)18-8-3-4-9-20(18)28-2/h3-4,7-10,15,19H,5-6,11-14,16-17H2,1-2H3,(H2,24,25,26). The van der Waals surface area contributed by atoms with Crippen molar-refractivity contribution in [2.75, 3.05) is 40.3 Å². The Morgan fingerprint density at radius 3 is 2.62 bits per heavy atom. The van der Waals surface area contributed by atoms with Crippen molar-refractivity contribution in [2.45, 2.75) is 37.1 Å². The summed E-state index contributed by atoms with van der Waals surface area (Å²) >= 11 is 0. The monoisotopic (exact) mass is 396 g/mol. The Kier molecular flexibility index (Phi) is 6.09. The highest BCUT2D eigenvalue weighted by Gasteiger charge is 2.46. The number of guanidine groups is 1. The van der Waals surface area contributed by atoms with Gasteiger partial charge < -0.3 is 19.8 Å². The molecule has 2 N–H and O–H groups in total. The lowest BCUT2D eigenvalue weighted by Crippen LogP contribution is -2.44. The zero-order valence-electron chi connectivity index (χ0n) is 17.5. The highest BCUT2D eigenvalue weighted by molar-refractivity contribution is 5.80. The maximum absolute atomic E-state index is 5.73. The maximum Gasteiger partial charge on any atom is 0.191 e. The number of ether oxygens (including phenoxy) is 1. The van der Waals surface area contributed by atoms with Crippen molar-refractivity contribution in [1.82, 2.24) is 15.5 Å². The van der Waals surface area contributed by atoms with Gasteiger partial charge in [0.15, 0.2) is 5.96 Å². The third kappa shape index (κ3) is 4.42. The summed E-state index contributed by atoms with van der Waals surface area (Å²) in [7, 11) is 3.58. The van der Waals surface area contributed by atoms with Crippen molar-refractivity contribution in [3.05, 3.63) is 54.0 Å². The molecule has 4 rings (SSSR count). The van der Waals surface area contributed by atoms with Crippen molar-refractivity contribution in [1.29, 1.82) is 0 Å². The third-order valence-corrected chi connectivity index (χ3v) is 6.27. The maximum atomic E-state index is 5.73. The van der Waals surface area contributed by atoms with Crippen LogP contribution in [0, 0.1) is 0 Å². The zero-order chi connectivity index (χ0) is 20.1. The van der Waals surface area contributed by atoms with Crippen LogP contribution in [0.25, 0.3) is 0 Å². The number of aliphatic imine (C=N–C) groups is 1. The van der Waals surface area contributed by atoms with Crippen molar-refractivity contribution in [3.63, 3.8) is 0 Å². The summed E-state index contributed by atoms with van der Waals surface area (Å²) < 4.78 is 11.3. The van der Waals surface area contributed by atoms with Gasteiger partial charge >= 0.3 is 0 Å². The molecule has 6 heteroatoms. The van der Waals surface area contributed by atoms with Gasteiger partial charge in [-0.05, 0) is 57.0 Å². The first-order valence-corrected chi connectivity index (χ1v) is 10.6. The number of likely N-dealkylation sites (tertiary alicyclic amines) is 1. The summed E-state index contributed by atoms with van der Waals surface area (Å²) in [4.78, 5) is 6.95. The molecule has 2 heterocycles. The smallest absolute Gasteiger partial charge is 0.191 e. The van der Waals surface area contributed by atoms with E-state index in [1.807, 2.05) is 25.2 Å². The fraction of sp³-hybridized carbons (Fsp3) is 0.522. The van der Waals surface area contributed by atoms with Crippen LogP contribution in [0.4, 0.5) is 0 Å². The van der Waals surface area contributed by atoms with Crippen LogP contribution in [0.15, 0.2) is 52.1 Å². The van der Waals surface area contributed by atoms with E-state index in [2.05, 4.69) is 38.7 Å². The molecule has 2 aromatic rings. The van der Waals surface area contributed by atoms with E-state index in [1.54, 1.807) is 13.4 Å². The van der Waals surface area contributed by atoms with E-state index in [4.69, 9.17) is 9.15 Å². The number of rotatable bonds is 8. The summed E-state index contributed by atoms with van der Waals surface area (Å²) in [5.74, 6) is 2.83. The molecule has 2 fully saturated rings. The minimum absolute atomic E-state index is 0.138. The van der Waals surface area contributed by atoms with Crippen LogP contribution < -0.4 is 15.4 Å². The molecule has 1 aliphatic heterocycles. The fourth-order valence-electron chi connectivity index (χ4n) is 4.39. The largest absolute Gasteiger partial charge is 0.496 e. The topological polar surface area (TPSA) is 62.0 Å². The molecular formula is C23H32N4O2. The normalized spacial score (nSPS) is 19.7. The lowest BCUT2D eigenvalue weighted by Gasteiger charge is -2.27. The molecule has 1 aromatic carbocycles. The lowest BCUT2D eigenvalue weighted by atomic mass is 9.95. The molecule has 1 saturated heterocycles. The molecule has 1 saturated carbocycles. The number of furan rings is 1. The molecule has 0 spiro atoms. The molecule has 1 atom stereocenters. The number of hydrogen-bond donors (Lipinski definition) is 2. The predicted octanol–water partition coefficient (Wildman–Crippen LogP) is 3.32. The number of nitrogens with zero attached hydrogens (tertiary/aromatic N) is 2. The van der Waals surface area contributed by atoms with Gasteiger partial charge in [0.2, 0.25) is 0 Å². The van der Waals surface area contributed by atoms with Gasteiger partial charge in [0.1, 0.15) is 11.5 Å². The number of nitrogens with one attached hydrogen (secondary N) is 2. The third-order valence-electron chi connectivity index (χ3n) is 6.27. The molecule has 1 aromatic heterocycles. The second-order valence-electron chi connectivity index (χ2n) is 8.06. The SMILES string of the molecule is CN=C(NCC(c1ccco1)N1CCCC1)NCC1(c2ccccc2OC)CC1. The van der Waals surface area contributed by atoms with Crippen molar-refractivity contribution in [2.24, 2.45) is 4.99 Å². The van der Waals surface area contributed by atoms with E-state index in [1.165, 1.54) is 31.2 Å². The number of hydrogen-bond acceptors (Lipinski definition) is 4. The molecule has 2 aliphatic rings. The minimum atomic E-state index is 0.138. The molecule has 1 aliphatic carbocycles. The van der Waals surface area contributed by atoms with Gasteiger partial charge in [-0.25, -0.2) is 0 Å². The Balaban J connectivity index is 1.37. The molecule has 0 radical (unpaired) electrons. The van der Waals surface area contributed by atoms with Gasteiger partial charge in [-0.1, -0.05) is 18.2 Å². The van der Waals surface area contributed by atoms with Crippen LogP contribution in [0.5, 0.6) is 5.75 Å². The first-order valence-electron chi connectivity index (χ1n) is 10.6. The van der Waals surface area contributed by atoms with Crippen LogP contribution in [-0.2, 0) is 5.41 Å². The zero-order valence-corrected chi connectivity index (χ0v) is 17.5. The van der Waals surface area contributed by atoms with Crippen LogP contribution in [0.1, 0.15) is 43.0 Å². The first kappa shape index (κ1) is 19.8. The molecule has 29 heavy (non-hydrogen) atoms. The van der Waals surface area contributed by atoms with Crippen LogP contribution in [-0.4, -0.2) is 51.2 Å². The Morgan fingerprint density at radius 2 is 1.97 bits per heavy atom. The summed E-state index contributed by atoms with van der Waals surface area (Å²) in [6.45, 7) is 3.86. The summed E-state index contributed by atoms with van der Waals surface area (Å²) in [5, 5.41) is 7.07. The van der Waals surface area contributed by atoms with E-state index < -0.39 is 0 Å². The number of methoxy groups -OCH3 is 1. The average molecular weight is 397 g/mol. The number of para-hydroxylation sites is 1. The van der Waals surface area contributed by atoms with Crippen molar-refractivity contribution >= 4 is 5.96 Å². The second kappa shape index (κ2) is 8.91. The van der Waals surface area contributed by atoms with E-state index in [0.717, 1.165) is 43.6 Å². The predicted molar refractivity (Wildman–Crippen MR) is 116 cm³/mol. The quantitative estimate of drug-likeness (QED) is 0.529. The molecule has 156 valence electrons. The molecular weight excluding hydrogens is 364 g/mol. The average Bonchev–Trinajstić information content (AvgIpc) is 3.15. The van der Waals surface area contributed by atoms with Crippen LogP contribution >= 0.6 is 0 Å². The van der Waals surface area contributed by atoms with Gasteiger partial charge in [-0.2, -0.15) is 0 Å². The summed E-state index contributed by atoms with van der Waals surface area (Å²) in [6, 6.07) is 12.6. The van der Waals surface area contributed by atoms with Crippen LogP contribution in [0.2, 0.25) is 0 Å². The Morgan fingerprint density at radius 1 is 1.17 bits per heavy atom. The second-order valence-corrected chi connectivity index (χ2v) is 8.06. The molecule has 0 amide bonds. The summed E-state index contributed by atoms with van der Waals surface area (Å²) in [6.07, 6.45) is 6.60. The van der Waals surface area contributed by atoms with Gasteiger partial charge in [0, 0.05) is 31.1 Å². The van der Waals surface area contributed by atoms with E-state index >= 15 is 0 Å². The van der Waals surface area contributed by atoms with E-state index in [-0.39, 0.29) is 11.5 Å². The lowest BCUT2D eigenvalue weighted by molar-refractivity contribution is 0.215. The highest BCUT2D eigenvalue weighted by Crippen LogP contribution is 2.50. The van der Waals surface area contributed by atoms with Gasteiger partial charge in [-0.3, -0.25) is 9.89 Å². The Labute approximate surface area is 173 Å². The Hall–Kier alpha value is -2.47. The summed E-state index contributed by atoms with van der Waals surface area (Å²) in [5.41, 5.74) is 1.43. The van der Waals surface area contributed by atoms with E-state index in [9.17, 15) is 0 Å². The van der Waals surface area contributed by atoms with Crippen molar-refractivity contribution < 1.29 is 9.15 Å². The minimum Gasteiger partial charge on any atom is -0.496 e. The van der Waals surface area contributed by atoms with Crippen LogP contribution in [0.3, 0.4) is 0 Å². The van der Waals surface area contributed by atoms with Gasteiger partial charge in [-0.15, -0.1) is 0 Å².